The summed E-state index contributed by atoms with van der Waals surface area (Å²) < 4.78 is 5.19. The number of hydrogen-bond donors (Lipinski definition) is 0. The van der Waals surface area contributed by atoms with Gasteiger partial charge in [0.1, 0.15) is 6.10 Å². The fourth-order valence-corrected chi connectivity index (χ4v) is 1.56. The first-order valence-corrected chi connectivity index (χ1v) is 6.17. The lowest BCUT2D eigenvalue weighted by molar-refractivity contribution is -0.144. The van der Waals surface area contributed by atoms with E-state index in [9.17, 15) is 4.79 Å². The Kier molecular flexibility index (Phi) is 9.78. The molecular formula is C14H24O2. The van der Waals surface area contributed by atoms with Crippen molar-refractivity contribution in [1.82, 2.24) is 0 Å². The quantitative estimate of drug-likeness (QED) is 0.336. The van der Waals surface area contributed by atoms with Crippen molar-refractivity contribution in [3.8, 4) is 0 Å². The summed E-state index contributed by atoms with van der Waals surface area (Å²) in [5.41, 5.74) is 0. The first-order chi connectivity index (χ1) is 7.70. The van der Waals surface area contributed by atoms with Gasteiger partial charge in [-0.2, -0.15) is 0 Å². The van der Waals surface area contributed by atoms with Gasteiger partial charge in [-0.15, -0.1) is 0 Å². The number of ether oxygens (including phenoxy) is 1. The molecule has 0 saturated carbocycles. The van der Waals surface area contributed by atoms with Gasteiger partial charge in [-0.05, 0) is 18.9 Å². The largest absolute Gasteiger partial charge is 0.458 e. The van der Waals surface area contributed by atoms with E-state index in [1.54, 1.807) is 6.08 Å². The molecule has 0 aliphatic rings. The van der Waals surface area contributed by atoms with Crippen molar-refractivity contribution >= 4 is 5.97 Å². The third-order valence-corrected chi connectivity index (χ3v) is 2.37. The number of carbonyl (C=O) groups excluding carboxylic acids is 1. The molecule has 0 aromatic carbocycles. The Hall–Kier alpha value is -1.05. The van der Waals surface area contributed by atoms with Crippen LogP contribution in [-0.4, -0.2) is 12.1 Å². The van der Waals surface area contributed by atoms with Gasteiger partial charge in [0.2, 0.25) is 0 Å². The van der Waals surface area contributed by atoms with Crippen LogP contribution in [0.3, 0.4) is 0 Å². The molecule has 0 aromatic heterocycles. The van der Waals surface area contributed by atoms with Gasteiger partial charge in [0.25, 0.3) is 0 Å². The molecule has 1 atom stereocenters. The second-order valence-corrected chi connectivity index (χ2v) is 3.97. The molecule has 0 heterocycles. The first kappa shape index (κ1) is 14.9. The molecule has 0 aromatic rings. The standard InChI is InChI=1S/C14H24O2/c1-4-6-8-9-10-12-14(11-7-5-2)16-13(3)15/h5,7,11,14H,2,4,6,8-10,12H2,1,3H3/b11-7+. The normalized spacial score (nSPS) is 12.6. The van der Waals surface area contributed by atoms with Crippen LogP contribution >= 0.6 is 0 Å². The van der Waals surface area contributed by atoms with Crippen LogP contribution in [0.2, 0.25) is 0 Å². The lowest BCUT2D eigenvalue weighted by atomic mass is 10.1. The molecule has 0 aliphatic heterocycles. The summed E-state index contributed by atoms with van der Waals surface area (Å²) in [6, 6.07) is 0. The van der Waals surface area contributed by atoms with E-state index < -0.39 is 0 Å². The van der Waals surface area contributed by atoms with E-state index in [0.717, 1.165) is 12.8 Å². The predicted molar refractivity (Wildman–Crippen MR) is 68.3 cm³/mol. The molecule has 0 aliphatic carbocycles. The van der Waals surface area contributed by atoms with Crippen LogP contribution in [0.15, 0.2) is 24.8 Å². The Morgan fingerprint density at radius 3 is 2.56 bits per heavy atom. The average Bonchev–Trinajstić information content (AvgIpc) is 2.24. The second-order valence-electron chi connectivity index (χ2n) is 3.97. The molecular weight excluding hydrogens is 200 g/mol. The molecule has 0 saturated heterocycles. The topological polar surface area (TPSA) is 26.3 Å². The van der Waals surface area contributed by atoms with Gasteiger partial charge in [-0.25, -0.2) is 0 Å². The maximum absolute atomic E-state index is 10.9. The highest BCUT2D eigenvalue weighted by molar-refractivity contribution is 5.66. The molecule has 0 bridgehead atoms. The zero-order valence-electron chi connectivity index (χ0n) is 10.6. The maximum Gasteiger partial charge on any atom is 0.303 e. The Morgan fingerprint density at radius 2 is 2.00 bits per heavy atom. The monoisotopic (exact) mass is 224 g/mol. The smallest absolute Gasteiger partial charge is 0.303 e. The van der Waals surface area contributed by atoms with E-state index in [1.807, 2.05) is 12.2 Å². The SMILES string of the molecule is C=C/C=C/C(CCCCCCC)OC(C)=O. The van der Waals surface area contributed by atoms with Gasteiger partial charge in [-0.1, -0.05) is 51.3 Å². The molecule has 2 heteroatoms. The van der Waals surface area contributed by atoms with Crippen molar-refractivity contribution in [3.63, 3.8) is 0 Å². The fraction of sp³-hybridized carbons (Fsp3) is 0.643. The van der Waals surface area contributed by atoms with Crippen molar-refractivity contribution in [1.29, 1.82) is 0 Å². The average molecular weight is 224 g/mol. The third-order valence-electron chi connectivity index (χ3n) is 2.37. The van der Waals surface area contributed by atoms with Crippen LogP contribution < -0.4 is 0 Å². The fourth-order valence-electron chi connectivity index (χ4n) is 1.56. The molecule has 92 valence electrons. The number of esters is 1. The molecule has 0 rings (SSSR count). The van der Waals surface area contributed by atoms with Crippen LogP contribution in [-0.2, 0) is 9.53 Å². The van der Waals surface area contributed by atoms with Crippen molar-refractivity contribution in [2.24, 2.45) is 0 Å². The summed E-state index contributed by atoms with van der Waals surface area (Å²) in [5, 5.41) is 0. The molecule has 0 fully saturated rings. The number of unbranched alkanes of at least 4 members (excludes halogenated alkanes) is 4. The summed E-state index contributed by atoms with van der Waals surface area (Å²) in [7, 11) is 0. The van der Waals surface area contributed by atoms with Crippen LogP contribution in [0.1, 0.15) is 52.4 Å². The number of hydrogen-bond acceptors (Lipinski definition) is 2. The summed E-state index contributed by atoms with van der Waals surface area (Å²) in [6.45, 7) is 7.26. The Bertz CT molecular complexity index is 219. The van der Waals surface area contributed by atoms with Crippen LogP contribution in [0, 0.1) is 0 Å². The third kappa shape index (κ3) is 9.50. The van der Waals surface area contributed by atoms with Crippen molar-refractivity contribution < 1.29 is 9.53 Å². The molecule has 2 nitrogen and oxygen atoms in total. The summed E-state index contributed by atoms with van der Waals surface area (Å²) in [5.74, 6) is -0.215. The molecule has 0 radical (unpaired) electrons. The van der Waals surface area contributed by atoms with Crippen LogP contribution in [0.4, 0.5) is 0 Å². The number of allylic oxidation sites excluding steroid dienone is 2. The van der Waals surface area contributed by atoms with Gasteiger partial charge in [0, 0.05) is 6.92 Å². The Morgan fingerprint density at radius 1 is 1.31 bits per heavy atom. The van der Waals surface area contributed by atoms with Gasteiger partial charge < -0.3 is 4.74 Å². The number of rotatable bonds is 9. The summed E-state index contributed by atoms with van der Waals surface area (Å²) >= 11 is 0. The van der Waals surface area contributed by atoms with E-state index in [4.69, 9.17) is 4.74 Å². The predicted octanol–water partition coefficient (Wildman–Crippen LogP) is 4.02. The minimum absolute atomic E-state index is 0.0860. The van der Waals surface area contributed by atoms with E-state index in [-0.39, 0.29) is 12.1 Å². The van der Waals surface area contributed by atoms with Gasteiger partial charge in [0.05, 0.1) is 0 Å². The van der Waals surface area contributed by atoms with Gasteiger partial charge >= 0.3 is 5.97 Å². The highest BCUT2D eigenvalue weighted by Crippen LogP contribution is 2.10. The van der Waals surface area contributed by atoms with E-state index >= 15 is 0 Å². The van der Waals surface area contributed by atoms with Crippen LogP contribution in [0.25, 0.3) is 0 Å². The van der Waals surface area contributed by atoms with E-state index in [2.05, 4.69) is 13.5 Å². The van der Waals surface area contributed by atoms with Crippen molar-refractivity contribution in [2.45, 2.75) is 58.5 Å². The minimum Gasteiger partial charge on any atom is -0.458 e. The molecule has 0 N–H and O–H groups in total. The van der Waals surface area contributed by atoms with Crippen molar-refractivity contribution in [2.75, 3.05) is 0 Å². The highest BCUT2D eigenvalue weighted by atomic mass is 16.5. The lowest BCUT2D eigenvalue weighted by Gasteiger charge is -2.12. The molecule has 1 unspecified atom stereocenters. The van der Waals surface area contributed by atoms with Gasteiger partial charge in [0.15, 0.2) is 0 Å². The number of carbonyl (C=O) groups is 1. The summed E-state index contributed by atoms with van der Waals surface area (Å²) in [6.07, 6.45) is 12.4. The Labute approximate surface area is 99.4 Å². The van der Waals surface area contributed by atoms with Crippen LogP contribution in [0.5, 0.6) is 0 Å². The van der Waals surface area contributed by atoms with E-state index in [1.165, 1.54) is 32.6 Å². The minimum atomic E-state index is -0.215. The lowest BCUT2D eigenvalue weighted by Crippen LogP contribution is -2.13. The molecule has 0 amide bonds. The maximum atomic E-state index is 10.9. The zero-order valence-corrected chi connectivity index (χ0v) is 10.6. The zero-order chi connectivity index (χ0) is 12.2. The second kappa shape index (κ2) is 10.5. The van der Waals surface area contributed by atoms with Crippen molar-refractivity contribution in [3.05, 3.63) is 24.8 Å². The van der Waals surface area contributed by atoms with E-state index in [0.29, 0.717) is 0 Å². The van der Waals surface area contributed by atoms with Gasteiger partial charge in [-0.3, -0.25) is 4.79 Å². The highest BCUT2D eigenvalue weighted by Gasteiger charge is 2.07. The summed E-state index contributed by atoms with van der Waals surface area (Å²) in [4.78, 5) is 10.9. The molecule has 0 spiro atoms. The Balaban J connectivity index is 3.78. The first-order valence-electron chi connectivity index (χ1n) is 6.17. The molecule has 16 heavy (non-hydrogen) atoms.